The van der Waals surface area contributed by atoms with E-state index in [9.17, 15) is 22.8 Å². The third-order valence-electron chi connectivity index (χ3n) is 7.87. The van der Waals surface area contributed by atoms with E-state index in [4.69, 9.17) is 0 Å². The second-order valence-corrected chi connectivity index (χ2v) is 10.0. The lowest BCUT2D eigenvalue weighted by atomic mass is 9.63. The number of hydrogen-bond acceptors (Lipinski definition) is 4. The smallest absolute Gasteiger partial charge is 0.123 e. The van der Waals surface area contributed by atoms with Crippen LogP contribution in [0.1, 0.15) is 46.4 Å². The Morgan fingerprint density at radius 3 is 0.872 bits per heavy atom. The predicted octanol–water partition coefficient (Wildman–Crippen LogP) is 6.78. The van der Waals surface area contributed by atoms with Crippen molar-refractivity contribution >= 4 is 5.71 Å². The summed E-state index contributed by atoms with van der Waals surface area (Å²) in [5.41, 5.74) is 3.55. The van der Waals surface area contributed by atoms with Crippen LogP contribution in [0.2, 0.25) is 0 Å². The largest absolute Gasteiger partial charge is 0.411 e. The van der Waals surface area contributed by atoms with Gasteiger partial charge in [-0.3, -0.25) is 0 Å². The van der Waals surface area contributed by atoms with Crippen LogP contribution in [0.25, 0.3) is 0 Å². The summed E-state index contributed by atoms with van der Waals surface area (Å²) in [6.07, 6.45) is 0. The molecule has 0 amide bonds. The summed E-state index contributed by atoms with van der Waals surface area (Å²) in [6.45, 7) is 0. The summed E-state index contributed by atoms with van der Waals surface area (Å²) in [5, 5.41) is 21.7. The fourth-order valence-electron chi connectivity index (χ4n) is 6.12. The van der Waals surface area contributed by atoms with Gasteiger partial charge >= 0.3 is 0 Å². The highest BCUT2D eigenvalue weighted by Gasteiger charge is 2.54. The Hall–Kier alpha value is -4.01. The lowest BCUT2D eigenvalue weighted by Crippen LogP contribution is -2.60. The number of oxime groups is 1. The Balaban J connectivity index is 1.54. The van der Waals surface area contributed by atoms with Crippen molar-refractivity contribution in [3.05, 3.63) is 143 Å². The molecule has 2 bridgehead atoms. The molecule has 0 saturated carbocycles. The molecular weight excluding hydrogens is 506 g/mol. The normalized spacial score (nSPS) is 26.3. The minimum atomic E-state index is -0.454. The summed E-state index contributed by atoms with van der Waals surface area (Å²) in [7, 11) is 0. The van der Waals surface area contributed by atoms with E-state index in [1.165, 1.54) is 48.5 Å². The van der Waals surface area contributed by atoms with E-state index >= 15 is 0 Å². The second kappa shape index (κ2) is 10.3. The molecule has 4 unspecified atom stereocenters. The van der Waals surface area contributed by atoms with E-state index in [1.54, 1.807) is 48.5 Å². The number of fused-ring (bicyclic) bond motifs is 2. The highest BCUT2D eigenvalue weighted by molar-refractivity contribution is 5.93. The topological polar surface area (TPSA) is 56.7 Å². The minimum Gasteiger partial charge on any atom is -0.411 e. The Morgan fingerprint density at radius 2 is 0.667 bits per heavy atom. The summed E-state index contributed by atoms with van der Waals surface area (Å²) < 4.78 is 55.5. The summed E-state index contributed by atoms with van der Waals surface area (Å²) in [5.74, 6) is -2.44. The number of nitrogens with zero attached hydrogens (tertiary/aromatic N) is 1. The van der Waals surface area contributed by atoms with Crippen molar-refractivity contribution in [2.45, 2.75) is 24.2 Å². The zero-order valence-electron chi connectivity index (χ0n) is 20.6. The molecule has 4 atom stereocenters. The molecule has 0 aliphatic carbocycles. The third-order valence-corrected chi connectivity index (χ3v) is 7.87. The zero-order valence-corrected chi connectivity index (χ0v) is 20.6. The molecule has 8 heteroatoms. The van der Waals surface area contributed by atoms with Crippen LogP contribution in [-0.2, 0) is 0 Å². The molecule has 2 fully saturated rings. The SMILES string of the molecule is ON=C1C2C(c3ccc(F)cc3)NC(c3ccc(F)cc3)C1C(c1ccc(F)cc1)NC2c1ccc(F)cc1. The van der Waals surface area contributed by atoms with Crippen LogP contribution >= 0.6 is 0 Å². The molecule has 0 aromatic heterocycles. The summed E-state index contributed by atoms with van der Waals surface area (Å²) >= 11 is 0. The number of rotatable bonds is 4. The van der Waals surface area contributed by atoms with E-state index in [2.05, 4.69) is 15.8 Å². The van der Waals surface area contributed by atoms with Crippen molar-refractivity contribution in [1.82, 2.24) is 10.6 Å². The van der Waals surface area contributed by atoms with Crippen molar-refractivity contribution in [2.75, 3.05) is 0 Å². The molecule has 2 aliphatic rings. The van der Waals surface area contributed by atoms with Gasteiger partial charge in [-0.15, -0.1) is 0 Å². The quantitative estimate of drug-likeness (QED) is 0.155. The van der Waals surface area contributed by atoms with Gasteiger partial charge in [0.15, 0.2) is 0 Å². The molecule has 2 heterocycles. The monoisotopic (exact) mass is 531 g/mol. The van der Waals surface area contributed by atoms with Gasteiger partial charge in [-0.1, -0.05) is 53.7 Å². The van der Waals surface area contributed by atoms with Gasteiger partial charge in [0.25, 0.3) is 0 Å². The van der Waals surface area contributed by atoms with E-state index in [1.807, 2.05) is 0 Å². The maximum absolute atomic E-state index is 13.9. The highest BCUT2D eigenvalue weighted by atomic mass is 19.1. The number of nitrogens with one attached hydrogen (secondary N) is 2. The van der Waals surface area contributed by atoms with Crippen LogP contribution in [0.3, 0.4) is 0 Å². The van der Waals surface area contributed by atoms with Crippen LogP contribution in [0.5, 0.6) is 0 Å². The molecule has 4 aromatic carbocycles. The third kappa shape index (κ3) is 4.70. The van der Waals surface area contributed by atoms with E-state index < -0.39 is 36.0 Å². The van der Waals surface area contributed by atoms with E-state index in [-0.39, 0.29) is 23.3 Å². The number of benzene rings is 4. The first-order valence-electron chi connectivity index (χ1n) is 12.7. The molecule has 3 N–H and O–H groups in total. The molecule has 2 saturated heterocycles. The zero-order chi connectivity index (χ0) is 27.1. The standard InChI is InChI=1S/C31H25F4N3O/c32-21-9-1-17(2-10-21)27-25-28(18-3-11-22(33)12-4-18)37-30(20-7-15-24(35)16-8-20)26(31(25)38-39)29(36-27)19-5-13-23(34)14-6-19/h1-16,25-30,36-37,39H. The highest BCUT2D eigenvalue weighted by Crippen LogP contribution is 2.52. The lowest BCUT2D eigenvalue weighted by Gasteiger charge is -2.54. The van der Waals surface area contributed by atoms with Crippen molar-refractivity contribution in [3.8, 4) is 0 Å². The molecule has 6 rings (SSSR count). The predicted molar refractivity (Wildman–Crippen MR) is 139 cm³/mol. The Morgan fingerprint density at radius 1 is 0.436 bits per heavy atom. The van der Waals surface area contributed by atoms with Gasteiger partial charge in [0.1, 0.15) is 23.3 Å². The van der Waals surface area contributed by atoms with Crippen LogP contribution in [0.15, 0.2) is 102 Å². The number of halogens is 4. The number of piperidine rings is 2. The van der Waals surface area contributed by atoms with E-state index in [0.29, 0.717) is 5.71 Å². The van der Waals surface area contributed by atoms with Gasteiger partial charge in [-0.25, -0.2) is 17.6 Å². The minimum absolute atomic E-state index is 0.383. The maximum Gasteiger partial charge on any atom is 0.123 e. The first-order chi connectivity index (χ1) is 18.9. The number of hydrogen-bond donors (Lipinski definition) is 3. The molecule has 0 radical (unpaired) electrons. The maximum atomic E-state index is 13.9. The van der Waals surface area contributed by atoms with Gasteiger partial charge in [0.2, 0.25) is 0 Å². The first kappa shape index (κ1) is 25.3. The average molecular weight is 532 g/mol. The molecular formula is C31H25F4N3O. The molecule has 39 heavy (non-hydrogen) atoms. The van der Waals surface area contributed by atoms with Crippen molar-refractivity contribution in [3.63, 3.8) is 0 Å². The molecule has 4 aromatic rings. The van der Waals surface area contributed by atoms with Crippen LogP contribution < -0.4 is 10.6 Å². The van der Waals surface area contributed by atoms with E-state index in [0.717, 1.165) is 22.3 Å². The Labute approximate surface area is 223 Å². The van der Waals surface area contributed by atoms with Gasteiger partial charge in [-0.05, 0) is 70.8 Å². The molecule has 198 valence electrons. The fraction of sp³-hybridized carbons (Fsp3) is 0.194. The second-order valence-electron chi connectivity index (χ2n) is 10.0. The van der Waals surface area contributed by atoms with Gasteiger partial charge < -0.3 is 15.8 Å². The molecule has 4 nitrogen and oxygen atoms in total. The molecule has 0 spiro atoms. The molecule has 2 aliphatic heterocycles. The summed E-state index contributed by atoms with van der Waals surface area (Å²) in [4.78, 5) is 0. The van der Waals surface area contributed by atoms with Crippen LogP contribution in [-0.4, -0.2) is 10.9 Å². The van der Waals surface area contributed by atoms with Gasteiger partial charge in [-0.2, -0.15) is 0 Å². The van der Waals surface area contributed by atoms with Crippen molar-refractivity contribution in [1.29, 1.82) is 0 Å². The van der Waals surface area contributed by atoms with Gasteiger partial charge in [0, 0.05) is 36.0 Å². The first-order valence-corrected chi connectivity index (χ1v) is 12.7. The lowest BCUT2D eigenvalue weighted by molar-refractivity contribution is 0.149. The summed E-state index contributed by atoms with van der Waals surface area (Å²) in [6, 6.07) is 22.6. The van der Waals surface area contributed by atoms with Crippen molar-refractivity contribution < 1.29 is 22.8 Å². The van der Waals surface area contributed by atoms with Crippen LogP contribution in [0, 0.1) is 35.1 Å². The Bertz CT molecular complexity index is 1260. The average Bonchev–Trinajstić information content (AvgIpc) is 2.95. The van der Waals surface area contributed by atoms with Crippen LogP contribution in [0.4, 0.5) is 17.6 Å². The fourth-order valence-corrected chi connectivity index (χ4v) is 6.12. The Kier molecular flexibility index (Phi) is 6.66. The van der Waals surface area contributed by atoms with Crippen molar-refractivity contribution in [2.24, 2.45) is 17.0 Å². The van der Waals surface area contributed by atoms with Gasteiger partial charge in [0.05, 0.1) is 5.71 Å².